The van der Waals surface area contributed by atoms with Gasteiger partial charge in [0.05, 0.1) is 23.6 Å². The number of benzene rings is 3. The summed E-state index contributed by atoms with van der Waals surface area (Å²) in [5.74, 6) is 0. The van der Waals surface area contributed by atoms with E-state index in [1.165, 1.54) is 11.1 Å². The number of carbonyl (C=O) groups is 2. The molecule has 198 valence electrons. The summed E-state index contributed by atoms with van der Waals surface area (Å²) in [7, 11) is 0. The summed E-state index contributed by atoms with van der Waals surface area (Å²) in [5.41, 5.74) is 6.23. The van der Waals surface area contributed by atoms with E-state index in [1.54, 1.807) is 0 Å². The van der Waals surface area contributed by atoms with Gasteiger partial charge in [0.2, 0.25) is 12.0 Å². The summed E-state index contributed by atoms with van der Waals surface area (Å²) in [6.45, 7) is 10.5. The highest BCUT2D eigenvalue weighted by Gasteiger charge is 2.22. The molecule has 1 unspecified atom stereocenters. The minimum Gasteiger partial charge on any atom is -0.442 e. The summed E-state index contributed by atoms with van der Waals surface area (Å²) in [6, 6.07) is 24.5. The quantitative estimate of drug-likeness (QED) is 0.318. The predicted octanol–water partition coefficient (Wildman–Crippen LogP) is 5.47. The van der Waals surface area contributed by atoms with Crippen LogP contribution < -0.4 is 10.9 Å². The van der Waals surface area contributed by atoms with Gasteiger partial charge in [-0.05, 0) is 64.3 Å². The maximum absolute atomic E-state index is 13.1. The molecule has 7 heteroatoms. The number of carbonyl (C=O) groups excluding carboxylic acids is 2. The molecule has 1 aromatic heterocycles. The minimum absolute atomic E-state index is 0.201. The van der Waals surface area contributed by atoms with Gasteiger partial charge in [-0.2, -0.15) is 0 Å². The number of aryl methyl sites for hydroxylation is 2. The fourth-order valence-electron chi connectivity index (χ4n) is 4.55. The summed E-state index contributed by atoms with van der Waals surface area (Å²) in [4.78, 5) is 29.0. The van der Waals surface area contributed by atoms with E-state index in [0.717, 1.165) is 22.2 Å². The second-order valence-electron chi connectivity index (χ2n) is 10.7. The zero-order valence-corrected chi connectivity index (χ0v) is 22.8. The number of aromatic nitrogens is 2. The molecule has 7 nitrogen and oxygen atoms in total. The lowest BCUT2D eigenvalue weighted by molar-refractivity contribution is -0.109. The lowest BCUT2D eigenvalue weighted by Gasteiger charge is -2.21. The maximum Gasteiger partial charge on any atom is 0.437 e. The topological polar surface area (TPSA) is 77.6 Å². The second-order valence-corrected chi connectivity index (χ2v) is 10.7. The molecule has 0 saturated heterocycles. The minimum atomic E-state index is -0.681. The third-order valence-electron chi connectivity index (χ3n) is 6.33. The van der Waals surface area contributed by atoms with Gasteiger partial charge in [0.25, 0.3) is 0 Å². The molecule has 2 amide bonds. The van der Waals surface area contributed by atoms with Crippen molar-refractivity contribution in [3.05, 3.63) is 101 Å². The highest BCUT2D eigenvalue weighted by atomic mass is 16.6. The van der Waals surface area contributed by atoms with Crippen molar-refractivity contribution in [2.24, 2.45) is 4.99 Å². The Morgan fingerprint density at radius 1 is 0.921 bits per heavy atom. The number of amides is 2. The molecular weight excluding hydrogens is 476 g/mol. The zero-order valence-electron chi connectivity index (χ0n) is 22.8. The van der Waals surface area contributed by atoms with E-state index in [0.29, 0.717) is 31.5 Å². The van der Waals surface area contributed by atoms with Crippen LogP contribution in [0.15, 0.2) is 77.8 Å². The molecule has 0 aliphatic rings. The van der Waals surface area contributed by atoms with Gasteiger partial charge in [-0.15, -0.1) is 4.99 Å². The molecule has 0 aliphatic carbocycles. The number of fused-ring (bicyclic) bond motifs is 1. The van der Waals surface area contributed by atoms with Gasteiger partial charge in [0.1, 0.15) is 5.60 Å². The van der Waals surface area contributed by atoms with Crippen LogP contribution in [0.4, 0.5) is 4.79 Å². The van der Waals surface area contributed by atoms with Crippen LogP contribution in [0, 0.1) is 13.8 Å². The van der Waals surface area contributed by atoms with Crippen molar-refractivity contribution in [2.75, 3.05) is 6.54 Å². The molecule has 3 aromatic carbocycles. The van der Waals surface area contributed by atoms with E-state index < -0.39 is 11.7 Å². The molecule has 1 atom stereocenters. The standard InChI is InChI=1S/C31H36N4O3/c1-22-10-14-24(15-11-22)18-26(19-32-21-36)35-28-9-7-6-8-27(28)34(20-25-16-12-23(2)13-17-25)29(35)33-30(37)38-31(3,4)5/h6-17,21,26H,18-20H2,1-5H3,(H,32,36). The van der Waals surface area contributed by atoms with Crippen molar-refractivity contribution in [3.8, 4) is 0 Å². The van der Waals surface area contributed by atoms with Crippen molar-refractivity contribution in [2.45, 2.75) is 59.2 Å². The van der Waals surface area contributed by atoms with Gasteiger partial charge in [-0.3, -0.25) is 4.79 Å². The van der Waals surface area contributed by atoms with Crippen LogP contribution in [-0.4, -0.2) is 33.8 Å². The highest BCUT2D eigenvalue weighted by molar-refractivity contribution is 5.77. The molecule has 0 saturated carbocycles. The first-order valence-corrected chi connectivity index (χ1v) is 12.9. The van der Waals surface area contributed by atoms with Crippen LogP contribution in [0.1, 0.15) is 49.1 Å². The lowest BCUT2D eigenvalue weighted by Crippen LogP contribution is -2.36. The molecule has 4 aromatic rings. The molecule has 1 heterocycles. The van der Waals surface area contributed by atoms with Crippen LogP contribution in [0.25, 0.3) is 11.0 Å². The van der Waals surface area contributed by atoms with Crippen LogP contribution in [0.5, 0.6) is 0 Å². The second kappa shape index (κ2) is 11.5. The van der Waals surface area contributed by atoms with Crippen molar-refractivity contribution >= 4 is 23.5 Å². The molecule has 4 rings (SSSR count). The summed E-state index contributed by atoms with van der Waals surface area (Å²) in [5, 5.41) is 2.86. The van der Waals surface area contributed by atoms with Crippen LogP contribution >= 0.6 is 0 Å². The van der Waals surface area contributed by atoms with Crippen LogP contribution in [0.2, 0.25) is 0 Å². The highest BCUT2D eigenvalue weighted by Crippen LogP contribution is 2.22. The normalized spacial score (nSPS) is 12.9. The Bertz CT molecular complexity index is 1470. The fraction of sp³-hybridized carbons (Fsp3) is 0.323. The van der Waals surface area contributed by atoms with Crippen molar-refractivity contribution in [1.82, 2.24) is 14.5 Å². The van der Waals surface area contributed by atoms with Gasteiger partial charge in [0, 0.05) is 6.54 Å². The zero-order chi connectivity index (χ0) is 27.3. The van der Waals surface area contributed by atoms with E-state index in [-0.39, 0.29) is 6.04 Å². The first kappa shape index (κ1) is 26.9. The Balaban J connectivity index is 1.94. The number of para-hydroxylation sites is 2. The fourth-order valence-corrected chi connectivity index (χ4v) is 4.55. The number of nitrogens with zero attached hydrogens (tertiary/aromatic N) is 3. The number of hydrogen-bond acceptors (Lipinski definition) is 3. The molecule has 38 heavy (non-hydrogen) atoms. The first-order chi connectivity index (χ1) is 18.1. The largest absolute Gasteiger partial charge is 0.442 e. The van der Waals surface area contributed by atoms with E-state index in [2.05, 4.69) is 77.3 Å². The molecule has 1 N–H and O–H groups in total. The van der Waals surface area contributed by atoms with Gasteiger partial charge in [-0.25, -0.2) is 4.79 Å². The molecule has 0 fully saturated rings. The monoisotopic (exact) mass is 512 g/mol. The number of ether oxygens (including phenoxy) is 1. The number of nitrogens with one attached hydrogen (secondary N) is 1. The lowest BCUT2D eigenvalue weighted by atomic mass is 10.0. The molecule has 0 radical (unpaired) electrons. The Kier molecular flexibility index (Phi) is 8.15. The number of imidazole rings is 1. The Labute approximate surface area is 223 Å². The smallest absolute Gasteiger partial charge is 0.437 e. The van der Waals surface area contributed by atoms with Gasteiger partial charge in [-0.1, -0.05) is 71.8 Å². The van der Waals surface area contributed by atoms with Crippen LogP contribution in [-0.2, 0) is 22.5 Å². The van der Waals surface area contributed by atoms with Gasteiger partial charge < -0.3 is 19.2 Å². The average Bonchev–Trinajstić information content (AvgIpc) is 3.16. The number of rotatable bonds is 8. The SMILES string of the molecule is Cc1ccc(CC(CNC=O)n2c(=NC(=O)OC(C)(C)C)n(Cc3ccc(C)cc3)c3ccccc32)cc1. The van der Waals surface area contributed by atoms with Crippen molar-refractivity contribution in [1.29, 1.82) is 0 Å². The van der Waals surface area contributed by atoms with E-state index in [1.807, 2.05) is 49.6 Å². The Hall–Kier alpha value is -4.13. The summed E-state index contributed by atoms with van der Waals surface area (Å²) >= 11 is 0. The molecule has 0 bridgehead atoms. The van der Waals surface area contributed by atoms with Gasteiger partial charge in [0.15, 0.2) is 0 Å². The summed E-state index contributed by atoms with van der Waals surface area (Å²) < 4.78 is 9.71. The van der Waals surface area contributed by atoms with E-state index in [9.17, 15) is 9.59 Å². The van der Waals surface area contributed by atoms with Crippen molar-refractivity contribution in [3.63, 3.8) is 0 Å². The maximum atomic E-state index is 13.1. The van der Waals surface area contributed by atoms with Crippen molar-refractivity contribution < 1.29 is 14.3 Å². The third kappa shape index (κ3) is 6.59. The Morgan fingerprint density at radius 3 is 2.08 bits per heavy atom. The summed E-state index contributed by atoms with van der Waals surface area (Å²) in [6.07, 6.45) is 0.691. The molecule has 0 spiro atoms. The Morgan fingerprint density at radius 2 is 1.50 bits per heavy atom. The first-order valence-electron chi connectivity index (χ1n) is 12.9. The molecular formula is C31H36N4O3. The van der Waals surface area contributed by atoms with E-state index >= 15 is 0 Å². The average molecular weight is 513 g/mol. The van der Waals surface area contributed by atoms with Gasteiger partial charge >= 0.3 is 6.09 Å². The van der Waals surface area contributed by atoms with E-state index in [4.69, 9.17) is 4.74 Å². The molecule has 0 aliphatic heterocycles. The number of hydrogen-bond donors (Lipinski definition) is 1. The van der Waals surface area contributed by atoms with Crippen LogP contribution in [0.3, 0.4) is 0 Å². The third-order valence-corrected chi connectivity index (χ3v) is 6.33. The predicted molar refractivity (Wildman–Crippen MR) is 150 cm³/mol.